The van der Waals surface area contributed by atoms with Crippen molar-refractivity contribution in [3.63, 3.8) is 0 Å². The van der Waals surface area contributed by atoms with E-state index in [9.17, 15) is 4.79 Å². The van der Waals surface area contributed by atoms with Crippen molar-refractivity contribution in [2.24, 2.45) is 0 Å². The first kappa shape index (κ1) is 17.3. The molecule has 0 radical (unpaired) electrons. The van der Waals surface area contributed by atoms with Crippen molar-refractivity contribution in [1.82, 2.24) is 25.0 Å². The summed E-state index contributed by atoms with van der Waals surface area (Å²) in [5.41, 5.74) is 3.20. The third-order valence-electron chi connectivity index (χ3n) is 4.84. The van der Waals surface area contributed by atoms with Gasteiger partial charge in [-0.1, -0.05) is 5.16 Å². The van der Waals surface area contributed by atoms with Gasteiger partial charge in [0, 0.05) is 43.7 Å². The Hall–Kier alpha value is -3.09. The highest BCUT2D eigenvalue weighted by Crippen LogP contribution is 2.33. The van der Waals surface area contributed by atoms with Gasteiger partial charge in [-0.05, 0) is 38.8 Å². The maximum absolute atomic E-state index is 12.8. The van der Waals surface area contributed by atoms with Gasteiger partial charge in [0.1, 0.15) is 5.82 Å². The molecule has 0 spiro atoms. The molecule has 0 aliphatic carbocycles. The van der Waals surface area contributed by atoms with Gasteiger partial charge in [-0.25, -0.2) is 9.97 Å². The second kappa shape index (κ2) is 7.26. The summed E-state index contributed by atoms with van der Waals surface area (Å²) in [7, 11) is 0. The lowest BCUT2D eigenvalue weighted by Gasteiger charge is -2.33. The van der Waals surface area contributed by atoms with E-state index in [1.54, 1.807) is 30.7 Å². The number of carbonyl (C=O) groups excluding carboxylic acids is 1. The SMILES string of the molecule is Cc1cc(-c2cnc(C)nc2C2CCCN(C(=O)c3cccnc3)C2)on1. The van der Waals surface area contributed by atoms with Crippen molar-refractivity contribution in [3.8, 4) is 11.3 Å². The van der Waals surface area contributed by atoms with Crippen molar-refractivity contribution in [1.29, 1.82) is 0 Å². The summed E-state index contributed by atoms with van der Waals surface area (Å²) in [6.07, 6.45) is 6.97. The number of hydrogen-bond donors (Lipinski definition) is 0. The lowest BCUT2D eigenvalue weighted by molar-refractivity contribution is 0.0705. The Morgan fingerprint density at radius 1 is 1.30 bits per heavy atom. The first-order valence-corrected chi connectivity index (χ1v) is 9.08. The van der Waals surface area contributed by atoms with Crippen LogP contribution in [0.2, 0.25) is 0 Å². The standard InChI is InChI=1S/C20H21N5O2/c1-13-9-18(27-24-13)17-11-22-14(2)23-19(17)16-6-4-8-25(12-16)20(26)15-5-3-7-21-10-15/h3,5,7,9-11,16H,4,6,8,12H2,1-2H3. The average Bonchev–Trinajstić information content (AvgIpc) is 3.14. The number of aryl methyl sites for hydroxylation is 2. The second-order valence-corrected chi connectivity index (χ2v) is 6.88. The molecule has 4 heterocycles. The Balaban J connectivity index is 1.63. The Morgan fingerprint density at radius 2 is 2.19 bits per heavy atom. The van der Waals surface area contributed by atoms with E-state index in [-0.39, 0.29) is 11.8 Å². The zero-order chi connectivity index (χ0) is 18.8. The number of carbonyl (C=O) groups is 1. The summed E-state index contributed by atoms with van der Waals surface area (Å²) in [6, 6.07) is 5.47. The molecule has 1 fully saturated rings. The topological polar surface area (TPSA) is 85.0 Å². The number of rotatable bonds is 3. The number of amides is 1. The summed E-state index contributed by atoms with van der Waals surface area (Å²) in [6.45, 7) is 5.12. The van der Waals surface area contributed by atoms with Crippen LogP contribution in [0.4, 0.5) is 0 Å². The van der Waals surface area contributed by atoms with E-state index >= 15 is 0 Å². The monoisotopic (exact) mass is 363 g/mol. The molecule has 0 bridgehead atoms. The highest BCUT2D eigenvalue weighted by Gasteiger charge is 2.29. The predicted octanol–water partition coefficient (Wildman–Crippen LogP) is 3.16. The van der Waals surface area contributed by atoms with Gasteiger partial charge < -0.3 is 9.42 Å². The molecular weight excluding hydrogens is 342 g/mol. The molecule has 27 heavy (non-hydrogen) atoms. The van der Waals surface area contributed by atoms with E-state index in [1.807, 2.05) is 24.8 Å². The normalized spacial score (nSPS) is 17.1. The van der Waals surface area contributed by atoms with Crippen molar-refractivity contribution < 1.29 is 9.32 Å². The maximum Gasteiger partial charge on any atom is 0.255 e. The molecule has 1 unspecified atom stereocenters. The van der Waals surface area contributed by atoms with Crippen LogP contribution in [0.5, 0.6) is 0 Å². The van der Waals surface area contributed by atoms with Crippen LogP contribution in [-0.4, -0.2) is 44.0 Å². The van der Waals surface area contributed by atoms with Crippen LogP contribution in [-0.2, 0) is 0 Å². The van der Waals surface area contributed by atoms with E-state index in [4.69, 9.17) is 9.51 Å². The first-order chi connectivity index (χ1) is 13.1. The smallest absolute Gasteiger partial charge is 0.255 e. The predicted molar refractivity (Wildman–Crippen MR) is 99.1 cm³/mol. The van der Waals surface area contributed by atoms with E-state index in [0.717, 1.165) is 36.3 Å². The number of aromatic nitrogens is 4. The van der Waals surface area contributed by atoms with Crippen LogP contribution in [0.3, 0.4) is 0 Å². The van der Waals surface area contributed by atoms with Gasteiger partial charge in [-0.3, -0.25) is 9.78 Å². The molecule has 1 aliphatic heterocycles. The van der Waals surface area contributed by atoms with E-state index in [1.165, 1.54) is 0 Å². The fraction of sp³-hybridized carbons (Fsp3) is 0.350. The molecule has 0 aromatic carbocycles. The molecule has 1 amide bonds. The number of piperidine rings is 1. The molecule has 3 aromatic heterocycles. The highest BCUT2D eigenvalue weighted by molar-refractivity contribution is 5.94. The van der Waals surface area contributed by atoms with Crippen LogP contribution < -0.4 is 0 Å². The molecule has 7 nitrogen and oxygen atoms in total. The van der Waals surface area contributed by atoms with Crippen molar-refractivity contribution in [3.05, 3.63) is 59.6 Å². The third kappa shape index (κ3) is 3.58. The van der Waals surface area contributed by atoms with Crippen molar-refractivity contribution in [2.75, 3.05) is 13.1 Å². The molecule has 1 atom stereocenters. The molecule has 0 saturated carbocycles. The summed E-state index contributed by atoms with van der Waals surface area (Å²) >= 11 is 0. The Kier molecular flexibility index (Phi) is 4.66. The number of likely N-dealkylation sites (tertiary alicyclic amines) is 1. The first-order valence-electron chi connectivity index (χ1n) is 9.08. The number of nitrogens with zero attached hydrogens (tertiary/aromatic N) is 5. The van der Waals surface area contributed by atoms with Crippen LogP contribution in [0.25, 0.3) is 11.3 Å². The summed E-state index contributed by atoms with van der Waals surface area (Å²) < 4.78 is 5.45. The Morgan fingerprint density at radius 3 is 2.93 bits per heavy atom. The van der Waals surface area contributed by atoms with Gasteiger partial charge in [0.15, 0.2) is 5.76 Å². The van der Waals surface area contributed by atoms with Gasteiger partial charge in [-0.15, -0.1) is 0 Å². The zero-order valence-electron chi connectivity index (χ0n) is 15.4. The van der Waals surface area contributed by atoms with Crippen LogP contribution >= 0.6 is 0 Å². The molecule has 138 valence electrons. The van der Waals surface area contributed by atoms with Gasteiger partial charge in [0.25, 0.3) is 5.91 Å². The molecule has 0 N–H and O–H groups in total. The van der Waals surface area contributed by atoms with Crippen LogP contribution in [0.15, 0.2) is 41.3 Å². The molecular formula is C20H21N5O2. The number of hydrogen-bond acceptors (Lipinski definition) is 6. The largest absolute Gasteiger partial charge is 0.356 e. The van der Waals surface area contributed by atoms with Crippen molar-refractivity contribution in [2.45, 2.75) is 32.6 Å². The molecule has 1 saturated heterocycles. The summed E-state index contributed by atoms with van der Waals surface area (Å²) in [4.78, 5) is 27.8. The molecule has 7 heteroatoms. The fourth-order valence-corrected chi connectivity index (χ4v) is 3.54. The van der Waals surface area contributed by atoms with E-state index in [2.05, 4.69) is 15.1 Å². The highest BCUT2D eigenvalue weighted by atomic mass is 16.5. The quantitative estimate of drug-likeness (QED) is 0.710. The fourth-order valence-electron chi connectivity index (χ4n) is 3.54. The van der Waals surface area contributed by atoms with Crippen LogP contribution in [0.1, 0.15) is 46.3 Å². The molecule has 1 aliphatic rings. The minimum Gasteiger partial charge on any atom is -0.356 e. The lowest BCUT2D eigenvalue weighted by atomic mass is 9.91. The summed E-state index contributed by atoms with van der Waals surface area (Å²) in [5, 5.41) is 3.98. The maximum atomic E-state index is 12.8. The Bertz CT molecular complexity index is 954. The molecule has 4 rings (SSSR count). The van der Waals surface area contributed by atoms with Crippen molar-refractivity contribution >= 4 is 5.91 Å². The number of pyridine rings is 1. The summed E-state index contributed by atoms with van der Waals surface area (Å²) in [5.74, 6) is 1.51. The van der Waals surface area contributed by atoms with Gasteiger partial charge in [-0.2, -0.15) is 0 Å². The zero-order valence-corrected chi connectivity index (χ0v) is 15.4. The van der Waals surface area contributed by atoms with E-state index in [0.29, 0.717) is 23.7 Å². The van der Waals surface area contributed by atoms with Gasteiger partial charge in [0.05, 0.1) is 22.5 Å². The van der Waals surface area contributed by atoms with Crippen LogP contribution in [0, 0.1) is 13.8 Å². The average molecular weight is 363 g/mol. The lowest BCUT2D eigenvalue weighted by Crippen LogP contribution is -2.39. The molecule has 3 aromatic rings. The minimum atomic E-state index is 0.00985. The van der Waals surface area contributed by atoms with E-state index < -0.39 is 0 Å². The second-order valence-electron chi connectivity index (χ2n) is 6.88. The third-order valence-corrected chi connectivity index (χ3v) is 4.84. The Labute approximate surface area is 157 Å². The minimum absolute atomic E-state index is 0.00985. The van der Waals surface area contributed by atoms with Gasteiger partial charge in [0.2, 0.25) is 0 Å². The van der Waals surface area contributed by atoms with Gasteiger partial charge >= 0.3 is 0 Å².